The van der Waals surface area contributed by atoms with Crippen LogP contribution >= 0.6 is 23.2 Å². The van der Waals surface area contributed by atoms with Gasteiger partial charge in [-0.15, -0.1) is 0 Å². The number of hydrogen-bond acceptors (Lipinski definition) is 2. The first-order chi connectivity index (χ1) is 11.4. The van der Waals surface area contributed by atoms with Gasteiger partial charge in [-0.25, -0.2) is 0 Å². The molecular weight excluding hydrogens is 347 g/mol. The van der Waals surface area contributed by atoms with Crippen molar-refractivity contribution in [3.63, 3.8) is 0 Å². The number of nitrogens with one attached hydrogen (secondary N) is 1. The summed E-state index contributed by atoms with van der Waals surface area (Å²) >= 11 is 12.0. The average Bonchev–Trinajstić information content (AvgIpc) is 2.54. The summed E-state index contributed by atoms with van der Waals surface area (Å²) in [6, 6.07) is 14.2. The molecule has 0 heterocycles. The summed E-state index contributed by atoms with van der Waals surface area (Å²) in [6.07, 6.45) is 0. The summed E-state index contributed by atoms with van der Waals surface area (Å²) in [5, 5.41) is 3.67. The second kappa shape index (κ2) is 8.18. The van der Waals surface area contributed by atoms with Crippen molar-refractivity contribution in [2.75, 3.05) is 11.4 Å². The number of rotatable bonds is 5. The minimum absolute atomic E-state index is 0.117. The van der Waals surface area contributed by atoms with E-state index in [4.69, 9.17) is 23.2 Å². The molecule has 0 saturated carbocycles. The third-order valence-electron chi connectivity index (χ3n) is 3.56. The normalized spacial score (nSPS) is 11.7. The first kappa shape index (κ1) is 18.3. The molecular formula is C18H18Cl2N2O2. The highest BCUT2D eigenvalue weighted by Gasteiger charge is 2.19. The fraction of sp³-hybridized carbons (Fsp3) is 0.222. The van der Waals surface area contributed by atoms with Gasteiger partial charge in [-0.3, -0.25) is 9.59 Å². The molecule has 2 aromatic rings. The fourth-order valence-corrected chi connectivity index (χ4v) is 2.83. The summed E-state index contributed by atoms with van der Waals surface area (Å²) in [7, 11) is 0. The van der Waals surface area contributed by atoms with Gasteiger partial charge in [-0.2, -0.15) is 0 Å². The summed E-state index contributed by atoms with van der Waals surface area (Å²) in [5.41, 5.74) is 1.45. The van der Waals surface area contributed by atoms with E-state index in [1.807, 2.05) is 37.3 Å². The Hall–Kier alpha value is -2.04. The number of carbonyl (C=O) groups is 2. The number of anilines is 1. The Labute approximate surface area is 151 Å². The first-order valence-electron chi connectivity index (χ1n) is 7.46. The Bertz CT molecular complexity index is 735. The van der Waals surface area contributed by atoms with Crippen LogP contribution in [0.5, 0.6) is 0 Å². The molecule has 0 aliphatic rings. The zero-order chi connectivity index (χ0) is 17.7. The van der Waals surface area contributed by atoms with Crippen LogP contribution in [-0.4, -0.2) is 18.4 Å². The van der Waals surface area contributed by atoms with E-state index in [0.29, 0.717) is 15.7 Å². The van der Waals surface area contributed by atoms with E-state index in [2.05, 4.69) is 5.32 Å². The standard InChI is InChI=1S/C18H18Cl2N2O2/c1-12(14-6-4-3-5-7-14)21-18(24)11-22(13(2)23)17-9-8-15(19)10-16(17)20/h3-10,12H,11H2,1-2H3,(H,21,24). The van der Waals surface area contributed by atoms with Crippen molar-refractivity contribution >= 4 is 40.7 Å². The number of halogens is 2. The lowest BCUT2D eigenvalue weighted by Crippen LogP contribution is -2.40. The van der Waals surface area contributed by atoms with Crippen LogP contribution in [0.25, 0.3) is 0 Å². The Morgan fingerprint density at radius 1 is 1.12 bits per heavy atom. The summed E-state index contributed by atoms with van der Waals surface area (Å²) in [4.78, 5) is 25.6. The third kappa shape index (κ3) is 4.73. The van der Waals surface area contributed by atoms with Gasteiger partial charge in [-0.05, 0) is 30.7 Å². The van der Waals surface area contributed by atoms with Gasteiger partial charge in [0.05, 0.1) is 16.8 Å². The van der Waals surface area contributed by atoms with Gasteiger partial charge in [0.1, 0.15) is 6.54 Å². The van der Waals surface area contributed by atoms with Crippen LogP contribution in [0.3, 0.4) is 0 Å². The van der Waals surface area contributed by atoms with Crippen LogP contribution in [0.2, 0.25) is 10.0 Å². The van der Waals surface area contributed by atoms with E-state index in [-0.39, 0.29) is 24.4 Å². The number of benzene rings is 2. The van der Waals surface area contributed by atoms with Gasteiger partial charge in [0, 0.05) is 11.9 Å². The summed E-state index contributed by atoms with van der Waals surface area (Å²) in [5.74, 6) is -0.547. The number of amides is 2. The zero-order valence-corrected chi connectivity index (χ0v) is 14.9. The zero-order valence-electron chi connectivity index (χ0n) is 13.4. The molecule has 0 spiro atoms. The summed E-state index contributed by atoms with van der Waals surface area (Å²) in [6.45, 7) is 3.16. The van der Waals surface area contributed by atoms with Crippen LogP contribution in [0.1, 0.15) is 25.5 Å². The maximum Gasteiger partial charge on any atom is 0.240 e. The van der Waals surface area contributed by atoms with Gasteiger partial charge in [-0.1, -0.05) is 53.5 Å². The lowest BCUT2D eigenvalue weighted by atomic mass is 10.1. The minimum atomic E-state index is -0.276. The van der Waals surface area contributed by atoms with Crippen LogP contribution < -0.4 is 10.2 Å². The maximum absolute atomic E-state index is 12.3. The lowest BCUT2D eigenvalue weighted by Gasteiger charge is -2.23. The molecule has 0 radical (unpaired) electrons. The van der Waals surface area contributed by atoms with E-state index >= 15 is 0 Å². The molecule has 1 atom stereocenters. The molecule has 0 bridgehead atoms. The van der Waals surface area contributed by atoms with Crippen LogP contribution in [0.4, 0.5) is 5.69 Å². The van der Waals surface area contributed by atoms with E-state index < -0.39 is 0 Å². The Kier molecular flexibility index (Phi) is 6.23. The molecule has 0 fully saturated rings. The van der Waals surface area contributed by atoms with E-state index in [1.54, 1.807) is 18.2 Å². The molecule has 126 valence electrons. The topological polar surface area (TPSA) is 49.4 Å². The molecule has 0 aromatic heterocycles. The average molecular weight is 365 g/mol. The van der Waals surface area contributed by atoms with Gasteiger partial charge >= 0.3 is 0 Å². The first-order valence-corrected chi connectivity index (χ1v) is 8.21. The van der Waals surface area contributed by atoms with Crippen LogP contribution in [0.15, 0.2) is 48.5 Å². The van der Waals surface area contributed by atoms with Gasteiger partial charge in [0.2, 0.25) is 11.8 Å². The van der Waals surface area contributed by atoms with E-state index in [9.17, 15) is 9.59 Å². The van der Waals surface area contributed by atoms with Crippen molar-refractivity contribution in [1.82, 2.24) is 5.32 Å². The predicted octanol–water partition coefficient (Wildman–Crippen LogP) is 4.22. The highest BCUT2D eigenvalue weighted by atomic mass is 35.5. The molecule has 2 aromatic carbocycles. The van der Waals surface area contributed by atoms with Crippen molar-refractivity contribution in [1.29, 1.82) is 0 Å². The fourth-order valence-electron chi connectivity index (χ4n) is 2.32. The SMILES string of the molecule is CC(=O)N(CC(=O)NC(C)c1ccccc1)c1ccc(Cl)cc1Cl. The van der Waals surface area contributed by atoms with Crippen molar-refractivity contribution in [2.45, 2.75) is 19.9 Å². The second-order valence-corrected chi connectivity index (χ2v) is 6.24. The number of carbonyl (C=O) groups excluding carboxylic acids is 2. The highest BCUT2D eigenvalue weighted by molar-refractivity contribution is 6.36. The van der Waals surface area contributed by atoms with E-state index in [1.165, 1.54) is 11.8 Å². The lowest BCUT2D eigenvalue weighted by molar-refractivity contribution is -0.123. The molecule has 6 heteroatoms. The molecule has 0 aliphatic carbocycles. The van der Waals surface area contributed by atoms with Crippen LogP contribution in [0, 0.1) is 0 Å². The quantitative estimate of drug-likeness (QED) is 0.862. The largest absolute Gasteiger partial charge is 0.348 e. The van der Waals surface area contributed by atoms with Crippen LogP contribution in [-0.2, 0) is 9.59 Å². The molecule has 1 unspecified atom stereocenters. The van der Waals surface area contributed by atoms with Crippen molar-refractivity contribution in [3.8, 4) is 0 Å². The second-order valence-electron chi connectivity index (χ2n) is 5.40. The minimum Gasteiger partial charge on any atom is -0.348 e. The van der Waals surface area contributed by atoms with Gasteiger partial charge < -0.3 is 10.2 Å². The van der Waals surface area contributed by atoms with Crippen molar-refractivity contribution in [2.24, 2.45) is 0 Å². The molecule has 2 rings (SSSR count). The molecule has 4 nitrogen and oxygen atoms in total. The Morgan fingerprint density at radius 2 is 1.79 bits per heavy atom. The third-order valence-corrected chi connectivity index (χ3v) is 4.10. The Balaban J connectivity index is 2.10. The Morgan fingerprint density at radius 3 is 2.38 bits per heavy atom. The predicted molar refractivity (Wildman–Crippen MR) is 97.5 cm³/mol. The van der Waals surface area contributed by atoms with Crippen molar-refractivity contribution in [3.05, 3.63) is 64.1 Å². The maximum atomic E-state index is 12.3. The highest BCUT2D eigenvalue weighted by Crippen LogP contribution is 2.28. The summed E-state index contributed by atoms with van der Waals surface area (Å²) < 4.78 is 0. The number of nitrogens with zero attached hydrogens (tertiary/aromatic N) is 1. The molecule has 24 heavy (non-hydrogen) atoms. The van der Waals surface area contributed by atoms with Gasteiger partial charge in [0.25, 0.3) is 0 Å². The molecule has 0 aliphatic heterocycles. The van der Waals surface area contributed by atoms with Gasteiger partial charge in [0.15, 0.2) is 0 Å². The number of hydrogen-bond donors (Lipinski definition) is 1. The van der Waals surface area contributed by atoms with Crippen molar-refractivity contribution < 1.29 is 9.59 Å². The monoisotopic (exact) mass is 364 g/mol. The smallest absolute Gasteiger partial charge is 0.240 e. The molecule has 1 N–H and O–H groups in total. The van der Waals surface area contributed by atoms with E-state index in [0.717, 1.165) is 5.56 Å². The molecule has 0 saturated heterocycles. The molecule has 2 amide bonds.